The molecule has 1 aromatic carbocycles. The van der Waals surface area contributed by atoms with Gasteiger partial charge in [-0.3, -0.25) is 0 Å². The molecule has 0 saturated carbocycles. The molecule has 1 atom stereocenters. The van der Waals surface area contributed by atoms with Crippen LogP contribution < -0.4 is 5.32 Å². The van der Waals surface area contributed by atoms with E-state index < -0.39 is 0 Å². The number of imidazole rings is 1. The number of aromatic nitrogens is 2. The first-order chi connectivity index (χ1) is 9.60. The number of benzene rings is 1. The molecule has 0 bridgehead atoms. The predicted molar refractivity (Wildman–Crippen MR) is 77.3 cm³/mol. The summed E-state index contributed by atoms with van der Waals surface area (Å²) in [7, 11) is 1.67. The number of hydrogen-bond acceptors (Lipinski definition) is 3. The van der Waals surface area contributed by atoms with Gasteiger partial charge in [0, 0.05) is 19.9 Å². The van der Waals surface area contributed by atoms with Gasteiger partial charge >= 0.3 is 0 Å². The highest BCUT2D eigenvalue weighted by atomic mass is 19.1. The first kappa shape index (κ1) is 14.5. The van der Waals surface area contributed by atoms with Crippen LogP contribution in [-0.4, -0.2) is 23.3 Å². The van der Waals surface area contributed by atoms with Gasteiger partial charge in [-0.1, -0.05) is 12.1 Å². The molecule has 0 aliphatic heterocycles. The van der Waals surface area contributed by atoms with Crippen molar-refractivity contribution in [2.45, 2.75) is 26.4 Å². The van der Waals surface area contributed by atoms with Gasteiger partial charge in [-0.25, -0.2) is 9.37 Å². The smallest absolute Gasteiger partial charge is 0.203 e. The lowest BCUT2D eigenvalue weighted by Gasteiger charge is -2.16. The number of hydrogen-bond donors (Lipinski definition) is 1. The van der Waals surface area contributed by atoms with Crippen LogP contribution in [0.5, 0.6) is 0 Å². The zero-order valence-electron chi connectivity index (χ0n) is 12.1. The normalized spacial score (nSPS) is 12.4. The van der Waals surface area contributed by atoms with E-state index >= 15 is 0 Å². The van der Waals surface area contributed by atoms with Gasteiger partial charge < -0.3 is 14.6 Å². The molecule has 1 aromatic heterocycles. The van der Waals surface area contributed by atoms with E-state index in [1.807, 2.05) is 30.7 Å². The lowest BCUT2D eigenvalue weighted by molar-refractivity contribution is 0.187. The summed E-state index contributed by atoms with van der Waals surface area (Å²) < 4.78 is 20.3. The van der Waals surface area contributed by atoms with Crippen LogP contribution in [0.1, 0.15) is 24.2 Å². The van der Waals surface area contributed by atoms with Crippen LogP contribution in [0.15, 0.2) is 30.5 Å². The Hall–Kier alpha value is -1.88. The van der Waals surface area contributed by atoms with Crippen LogP contribution in [-0.2, 0) is 11.3 Å². The van der Waals surface area contributed by atoms with Crippen molar-refractivity contribution in [3.05, 3.63) is 47.5 Å². The van der Waals surface area contributed by atoms with Gasteiger partial charge in [-0.15, -0.1) is 0 Å². The van der Waals surface area contributed by atoms with E-state index in [1.54, 1.807) is 13.2 Å². The van der Waals surface area contributed by atoms with E-state index in [9.17, 15) is 4.39 Å². The largest absolute Gasteiger partial charge is 0.383 e. The summed E-state index contributed by atoms with van der Waals surface area (Å²) in [5, 5.41) is 3.31. The Bertz CT molecular complexity index is 568. The minimum absolute atomic E-state index is 0.0196. The minimum Gasteiger partial charge on any atom is -0.383 e. The summed E-state index contributed by atoms with van der Waals surface area (Å²) >= 11 is 0. The maximum atomic E-state index is 13.3. The predicted octanol–water partition coefficient (Wildman–Crippen LogP) is 3.15. The van der Waals surface area contributed by atoms with E-state index in [2.05, 4.69) is 10.3 Å². The van der Waals surface area contributed by atoms with Gasteiger partial charge in [0.2, 0.25) is 5.95 Å². The van der Waals surface area contributed by atoms with Crippen molar-refractivity contribution in [2.75, 3.05) is 19.0 Å². The first-order valence-electron chi connectivity index (χ1n) is 6.65. The fourth-order valence-electron chi connectivity index (χ4n) is 2.07. The number of methoxy groups -OCH3 is 1. The SMILES string of the molecule is COCCn1cc(C)nc1NC(C)c1cccc(F)c1. The molecular weight excluding hydrogens is 257 g/mol. The van der Waals surface area contributed by atoms with Gasteiger partial charge in [0.25, 0.3) is 0 Å². The molecule has 0 radical (unpaired) electrons. The molecule has 0 saturated heterocycles. The quantitative estimate of drug-likeness (QED) is 0.881. The van der Waals surface area contributed by atoms with E-state index in [1.165, 1.54) is 12.1 Å². The van der Waals surface area contributed by atoms with Crippen LogP contribution in [0, 0.1) is 12.7 Å². The molecule has 0 spiro atoms. The van der Waals surface area contributed by atoms with Crippen LogP contribution in [0.2, 0.25) is 0 Å². The van der Waals surface area contributed by atoms with E-state index in [4.69, 9.17) is 4.74 Å². The van der Waals surface area contributed by atoms with Gasteiger partial charge in [0.15, 0.2) is 0 Å². The summed E-state index contributed by atoms with van der Waals surface area (Å²) in [5.74, 6) is 0.548. The van der Waals surface area contributed by atoms with Gasteiger partial charge in [0.05, 0.1) is 18.3 Å². The van der Waals surface area contributed by atoms with Crippen LogP contribution in [0.25, 0.3) is 0 Å². The topological polar surface area (TPSA) is 39.1 Å². The highest BCUT2D eigenvalue weighted by Gasteiger charge is 2.11. The molecule has 0 aliphatic carbocycles. The number of aryl methyl sites for hydroxylation is 1. The third kappa shape index (κ3) is 3.57. The number of anilines is 1. The Morgan fingerprint density at radius 2 is 2.25 bits per heavy atom. The summed E-state index contributed by atoms with van der Waals surface area (Å²) in [6, 6.07) is 6.57. The highest BCUT2D eigenvalue weighted by Crippen LogP contribution is 2.19. The second-order valence-electron chi connectivity index (χ2n) is 4.81. The number of nitrogens with zero attached hydrogens (tertiary/aromatic N) is 2. The molecule has 1 unspecified atom stereocenters. The maximum absolute atomic E-state index is 13.3. The van der Waals surface area contributed by atoms with Crippen molar-refractivity contribution in [3.8, 4) is 0 Å². The van der Waals surface area contributed by atoms with Crippen molar-refractivity contribution < 1.29 is 9.13 Å². The lowest BCUT2D eigenvalue weighted by Crippen LogP contribution is -2.13. The number of ether oxygens (including phenoxy) is 1. The second-order valence-corrected chi connectivity index (χ2v) is 4.81. The second kappa shape index (κ2) is 6.52. The standard InChI is InChI=1S/C15H20FN3O/c1-11-10-19(7-8-20-3)15(17-11)18-12(2)13-5-4-6-14(16)9-13/h4-6,9-10,12H,7-8H2,1-3H3,(H,17,18). The molecule has 1 N–H and O–H groups in total. The molecule has 4 nitrogen and oxygen atoms in total. The highest BCUT2D eigenvalue weighted by molar-refractivity contribution is 5.34. The third-order valence-electron chi connectivity index (χ3n) is 3.13. The molecule has 0 fully saturated rings. The Morgan fingerprint density at radius 1 is 1.45 bits per heavy atom. The molecule has 0 aliphatic rings. The summed E-state index contributed by atoms with van der Waals surface area (Å²) in [5.41, 5.74) is 1.83. The molecule has 1 heterocycles. The van der Waals surface area contributed by atoms with E-state index in [0.717, 1.165) is 23.8 Å². The average molecular weight is 277 g/mol. The van der Waals surface area contributed by atoms with Crippen LogP contribution >= 0.6 is 0 Å². The molecule has 2 rings (SSSR count). The fraction of sp³-hybridized carbons (Fsp3) is 0.400. The third-order valence-corrected chi connectivity index (χ3v) is 3.13. The van der Waals surface area contributed by atoms with Crippen molar-refractivity contribution in [3.63, 3.8) is 0 Å². The van der Waals surface area contributed by atoms with Crippen LogP contribution in [0.3, 0.4) is 0 Å². The Kier molecular flexibility index (Phi) is 4.74. The van der Waals surface area contributed by atoms with Crippen molar-refractivity contribution in [2.24, 2.45) is 0 Å². The zero-order chi connectivity index (χ0) is 14.5. The molecule has 5 heteroatoms. The van der Waals surface area contributed by atoms with Crippen LogP contribution in [0.4, 0.5) is 10.3 Å². The molecule has 20 heavy (non-hydrogen) atoms. The first-order valence-corrected chi connectivity index (χ1v) is 6.65. The Morgan fingerprint density at radius 3 is 2.95 bits per heavy atom. The summed E-state index contributed by atoms with van der Waals surface area (Å²) in [6.07, 6.45) is 1.97. The molecule has 2 aromatic rings. The van der Waals surface area contributed by atoms with Gasteiger partial charge in [-0.05, 0) is 31.5 Å². The van der Waals surface area contributed by atoms with Crippen molar-refractivity contribution in [1.82, 2.24) is 9.55 Å². The Labute approximate surface area is 118 Å². The monoisotopic (exact) mass is 277 g/mol. The van der Waals surface area contributed by atoms with Crippen molar-refractivity contribution in [1.29, 1.82) is 0 Å². The number of rotatable bonds is 6. The average Bonchev–Trinajstić information content (AvgIpc) is 2.76. The minimum atomic E-state index is -0.227. The fourth-order valence-corrected chi connectivity index (χ4v) is 2.07. The lowest BCUT2D eigenvalue weighted by atomic mass is 10.1. The van der Waals surface area contributed by atoms with E-state index in [0.29, 0.717) is 6.61 Å². The summed E-state index contributed by atoms with van der Waals surface area (Å²) in [4.78, 5) is 4.45. The van der Waals surface area contributed by atoms with Gasteiger partial charge in [-0.2, -0.15) is 0 Å². The molecule has 0 amide bonds. The molecule has 108 valence electrons. The zero-order valence-corrected chi connectivity index (χ0v) is 12.1. The number of nitrogens with one attached hydrogen (secondary N) is 1. The van der Waals surface area contributed by atoms with Gasteiger partial charge in [0.1, 0.15) is 5.82 Å². The Balaban J connectivity index is 2.12. The molecular formula is C15H20FN3O. The number of halogens is 1. The van der Waals surface area contributed by atoms with Crippen molar-refractivity contribution >= 4 is 5.95 Å². The van der Waals surface area contributed by atoms with E-state index in [-0.39, 0.29) is 11.9 Å². The summed E-state index contributed by atoms with van der Waals surface area (Å²) in [6.45, 7) is 5.29. The maximum Gasteiger partial charge on any atom is 0.203 e.